The Labute approximate surface area is 79.4 Å². The molecule has 1 aliphatic carbocycles. The largest absolute Gasteiger partial charge is 0.393 e. The van der Waals surface area contributed by atoms with E-state index < -0.39 is 0 Å². The number of hydrogen-bond donors (Lipinski definition) is 1. The van der Waals surface area contributed by atoms with Gasteiger partial charge < -0.3 is 5.11 Å². The fourth-order valence-corrected chi connectivity index (χ4v) is 1.68. The number of hydrogen-bond acceptors (Lipinski definition) is 1. The molecule has 0 radical (unpaired) electrons. The van der Waals surface area contributed by atoms with Gasteiger partial charge in [-0.3, -0.25) is 0 Å². The molecular weight excluding hydrogens is 160 g/mol. The summed E-state index contributed by atoms with van der Waals surface area (Å²) in [5, 5.41) is 9.20. The lowest BCUT2D eigenvalue weighted by Crippen LogP contribution is -2.03. The highest BCUT2D eigenvalue weighted by molar-refractivity contribution is 5.28. The molecule has 0 spiro atoms. The third-order valence-corrected chi connectivity index (χ3v) is 2.56. The Morgan fingerprint density at radius 1 is 1.31 bits per heavy atom. The molecule has 1 N–H and O–H groups in total. The summed E-state index contributed by atoms with van der Waals surface area (Å²) >= 11 is 0. The lowest BCUT2D eigenvalue weighted by molar-refractivity contribution is 0.195. The lowest BCUT2D eigenvalue weighted by Gasteiger charge is -2.05. The maximum absolute atomic E-state index is 9.20. The third kappa shape index (κ3) is 2.31. The average Bonchev–Trinajstić information content (AvgIpc) is 2.87. The summed E-state index contributed by atoms with van der Waals surface area (Å²) in [6, 6.07) is 8.69. The molecule has 1 nitrogen and oxygen atoms in total. The molecule has 2 rings (SSSR count). The number of aliphatic hydroxyl groups excluding tert-OH is 1. The molecule has 1 aromatic carbocycles. The zero-order valence-electron chi connectivity index (χ0n) is 8.03. The predicted octanol–water partition coefficient (Wildman–Crippen LogP) is 2.49. The Kier molecular flexibility index (Phi) is 2.36. The zero-order chi connectivity index (χ0) is 9.26. The summed E-state index contributed by atoms with van der Waals surface area (Å²) in [5.74, 6) is 0.834. The van der Waals surface area contributed by atoms with Crippen molar-refractivity contribution < 1.29 is 5.11 Å². The molecule has 0 amide bonds. The molecule has 0 saturated heterocycles. The van der Waals surface area contributed by atoms with Gasteiger partial charge in [0.1, 0.15) is 0 Å². The highest BCUT2D eigenvalue weighted by Crippen LogP contribution is 2.39. The van der Waals surface area contributed by atoms with E-state index in [1.165, 1.54) is 24.0 Å². The molecule has 0 unspecified atom stereocenters. The molecule has 0 aromatic heterocycles. The fraction of sp³-hybridized carbons (Fsp3) is 0.500. The van der Waals surface area contributed by atoms with Crippen molar-refractivity contribution in [3.05, 3.63) is 35.4 Å². The second-order valence-electron chi connectivity index (χ2n) is 4.07. The van der Waals surface area contributed by atoms with Crippen LogP contribution in [0.3, 0.4) is 0 Å². The van der Waals surface area contributed by atoms with Crippen LogP contribution >= 0.6 is 0 Å². The minimum absolute atomic E-state index is 0.230. The Morgan fingerprint density at radius 2 is 1.92 bits per heavy atom. The molecule has 1 fully saturated rings. The SMILES string of the molecule is C[C@@H](O)Cc1ccc(C2CC2)cc1. The molecule has 0 aliphatic heterocycles. The van der Waals surface area contributed by atoms with E-state index in [0.29, 0.717) is 0 Å². The Bertz CT molecular complexity index is 270. The van der Waals surface area contributed by atoms with Crippen LogP contribution in [0.4, 0.5) is 0 Å². The van der Waals surface area contributed by atoms with Crippen molar-refractivity contribution in [2.24, 2.45) is 0 Å². The lowest BCUT2D eigenvalue weighted by atomic mass is 10.0. The second kappa shape index (κ2) is 3.51. The highest BCUT2D eigenvalue weighted by Gasteiger charge is 2.22. The van der Waals surface area contributed by atoms with Crippen molar-refractivity contribution in [2.75, 3.05) is 0 Å². The Morgan fingerprint density at radius 3 is 2.38 bits per heavy atom. The van der Waals surface area contributed by atoms with E-state index in [-0.39, 0.29) is 6.10 Å². The van der Waals surface area contributed by atoms with Crippen LogP contribution in [0, 0.1) is 0 Å². The van der Waals surface area contributed by atoms with Crippen LogP contribution in [0.2, 0.25) is 0 Å². The topological polar surface area (TPSA) is 20.2 Å². The second-order valence-corrected chi connectivity index (χ2v) is 4.07. The van der Waals surface area contributed by atoms with Crippen molar-refractivity contribution in [1.82, 2.24) is 0 Å². The van der Waals surface area contributed by atoms with Crippen LogP contribution < -0.4 is 0 Å². The first kappa shape index (κ1) is 8.76. The average molecular weight is 176 g/mol. The van der Waals surface area contributed by atoms with E-state index >= 15 is 0 Å². The summed E-state index contributed by atoms with van der Waals surface area (Å²) in [5.41, 5.74) is 2.70. The summed E-state index contributed by atoms with van der Waals surface area (Å²) in [6.45, 7) is 1.83. The van der Waals surface area contributed by atoms with Gasteiger partial charge in [0.05, 0.1) is 6.10 Å². The summed E-state index contributed by atoms with van der Waals surface area (Å²) in [7, 11) is 0. The molecule has 0 heterocycles. The molecule has 70 valence electrons. The van der Waals surface area contributed by atoms with Gasteiger partial charge in [-0.15, -0.1) is 0 Å². The van der Waals surface area contributed by atoms with Crippen LogP contribution in [-0.2, 0) is 6.42 Å². The quantitative estimate of drug-likeness (QED) is 0.750. The monoisotopic (exact) mass is 176 g/mol. The number of rotatable bonds is 3. The van der Waals surface area contributed by atoms with Crippen LogP contribution in [0.1, 0.15) is 36.8 Å². The van der Waals surface area contributed by atoms with E-state index in [2.05, 4.69) is 24.3 Å². The van der Waals surface area contributed by atoms with Crippen LogP contribution in [0.25, 0.3) is 0 Å². The van der Waals surface area contributed by atoms with Gasteiger partial charge in [-0.25, -0.2) is 0 Å². The van der Waals surface area contributed by atoms with Gasteiger partial charge in [0.2, 0.25) is 0 Å². The molecule has 1 saturated carbocycles. The van der Waals surface area contributed by atoms with Gasteiger partial charge in [0.25, 0.3) is 0 Å². The van der Waals surface area contributed by atoms with Gasteiger partial charge in [0.15, 0.2) is 0 Å². The highest BCUT2D eigenvalue weighted by atomic mass is 16.3. The normalized spacial score (nSPS) is 18.6. The maximum atomic E-state index is 9.20. The first-order chi connectivity index (χ1) is 6.25. The molecule has 13 heavy (non-hydrogen) atoms. The Hall–Kier alpha value is -0.820. The number of aliphatic hydroxyl groups is 1. The van der Waals surface area contributed by atoms with Crippen molar-refractivity contribution in [1.29, 1.82) is 0 Å². The minimum Gasteiger partial charge on any atom is -0.393 e. The van der Waals surface area contributed by atoms with Crippen LogP contribution in [0.5, 0.6) is 0 Å². The van der Waals surface area contributed by atoms with Gasteiger partial charge >= 0.3 is 0 Å². The van der Waals surface area contributed by atoms with Crippen LogP contribution in [0.15, 0.2) is 24.3 Å². The van der Waals surface area contributed by atoms with Gasteiger partial charge in [0, 0.05) is 0 Å². The van der Waals surface area contributed by atoms with Gasteiger partial charge in [-0.05, 0) is 43.2 Å². The summed E-state index contributed by atoms with van der Waals surface area (Å²) in [4.78, 5) is 0. The smallest absolute Gasteiger partial charge is 0.0552 e. The third-order valence-electron chi connectivity index (χ3n) is 2.56. The summed E-state index contributed by atoms with van der Waals surface area (Å²) < 4.78 is 0. The van der Waals surface area contributed by atoms with E-state index in [9.17, 15) is 5.11 Å². The van der Waals surface area contributed by atoms with E-state index in [0.717, 1.165) is 12.3 Å². The van der Waals surface area contributed by atoms with Gasteiger partial charge in [-0.1, -0.05) is 24.3 Å². The molecule has 1 aromatic rings. The zero-order valence-corrected chi connectivity index (χ0v) is 8.03. The van der Waals surface area contributed by atoms with Crippen LogP contribution in [-0.4, -0.2) is 11.2 Å². The van der Waals surface area contributed by atoms with Crippen molar-refractivity contribution in [3.8, 4) is 0 Å². The first-order valence-corrected chi connectivity index (χ1v) is 5.02. The van der Waals surface area contributed by atoms with E-state index in [1.807, 2.05) is 6.92 Å². The van der Waals surface area contributed by atoms with E-state index in [4.69, 9.17) is 0 Å². The van der Waals surface area contributed by atoms with E-state index in [1.54, 1.807) is 0 Å². The van der Waals surface area contributed by atoms with Crippen molar-refractivity contribution >= 4 is 0 Å². The maximum Gasteiger partial charge on any atom is 0.0552 e. The predicted molar refractivity (Wildman–Crippen MR) is 53.8 cm³/mol. The number of benzene rings is 1. The molecular formula is C12H16O. The molecule has 0 bridgehead atoms. The summed E-state index contributed by atoms with van der Waals surface area (Å²) in [6.07, 6.45) is 3.25. The first-order valence-electron chi connectivity index (χ1n) is 5.02. The van der Waals surface area contributed by atoms with Crippen molar-refractivity contribution in [3.63, 3.8) is 0 Å². The Balaban J connectivity index is 2.04. The molecule has 1 atom stereocenters. The fourth-order valence-electron chi connectivity index (χ4n) is 1.68. The van der Waals surface area contributed by atoms with Gasteiger partial charge in [-0.2, -0.15) is 0 Å². The van der Waals surface area contributed by atoms with Crippen molar-refractivity contribution in [2.45, 2.75) is 38.2 Å². The molecule has 1 aliphatic rings. The standard InChI is InChI=1S/C12H16O/c1-9(13)8-10-2-4-11(5-3-10)12-6-7-12/h2-5,9,12-13H,6-8H2,1H3/t9-/m1/s1. The molecule has 1 heteroatoms. The minimum atomic E-state index is -0.230.